The number of aliphatic hydroxyl groups excluding tert-OH is 1. The minimum absolute atomic E-state index is 0.290. The van der Waals surface area contributed by atoms with Gasteiger partial charge in [-0.3, -0.25) is 0 Å². The maximum atomic E-state index is 10.6. The van der Waals surface area contributed by atoms with Crippen molar-refractivity contribution in [3.8, 4) is 0 Å². The molecule has 1 unspecified atom stereocenters. The van der Waals surface area contributed by atoms with Crippen LogP contribution < -0.4 is 5.73 Å². The van der Waals surface area contributed by atoms with Gasteiger partial charge in [-0.2, -0.15) is 0 Å². The van der Waals surface area contributed by atoms with Gasteiger partial charge in [-0.1, -0.05) is 24.3 Å². The average Bonchev–Trinajstić information content (AvgIpc) is 3.05. The summed E-state index contributed by atoms with van der Waals surface area (Å²) in [6.45, 7) is 0.475. The van der Waals surface area contributed by atoms with E-state index in [2.05, 4.69) is 17.1 Å². The molecule has 3 rings (SSSR count). The van der Waals surface area contributed by atoms with Gasteiger partial charge in [0, 0.05) is 23.5 Å². The number of hydrogen-bond acceptors (Lipinski definition) is 4. The van der Waals surface area contributed by atoms with Crippen LogP contribution in [-0.4, -0.2) is 16.6 Å². The van der Waals surface area contributed by atoms with E-state index in [-0.39, 0.29) is 5.41 Å². The van der Waals surface area contributed by atoms with Crippen molar-refractivity contribution in [1.29, 1.82) is 0 Å². The summed E-state index contributed by atoms with van der Waals surface area (Å²) in [5.41, 5.74) is 8.29. The van der Waals surface area contributed by atoms with E-state index in [4.69, 9.17) is 5.73 Å². The van der Waals surface area contributed by atoms with Crippen molar-refractivity contribution in [2.24, 2.45) is 11.1 Å². The van der Waals surface area contributed by atoms with Crippen molar-refractivity contribution in [1.82, 2.24) is 4.98 Å². The summed E-state index contributed by atoms with van der Waals surface area (Å²) < 4.78 is 0. The van der Waals surface area contributed by atoms with Crippen LogP contribution in [0.25, 0.3) is 0 Å². The third kappa shape index (κ3) is 1.77. The van der Waals surface area contributed by atoms with E-state index < -0.39 is 6.10 Å². The van der Waals surface area contributed by atoms with Gasteiger partial charge in [0.2, 0.25) is 0 Å². The number of hydrogen-bond donors (Lipinski definition) is 2. The lowest BCUT2D eigenvalue weighted by atomic mass is 9.79. The number of nitrogens with zero attached hydrogens (tertiary/aromatic N) is 1. The molecule has 0 spiro atoms. The smallest absolute Gasteiger partial charge is 0.122 e. The van der Waals surface area contributed by atoms with Gasteiger partial charge in [0.25, 0.3) is 0 Å². The Morgan fingerprint density at radius 3 is 2.50 bits per heavy atom. The molecule has 94 valence electrons. The fourth-order valence-corrected chi connectivity index (χ4v) is 3.57. The van der Waals surface area contributed by atoms with Crippen LogP contribution in [0.5, 0.6) is 0 Å². The molecule has 2 aromatic rings. The highest BCUT2D eigenvalue weighted by molar-refractivity contribution is 7.09. The molecule has 0 radical (unpaired) electrons. The highest BCUT2D eigenvalue weighted by Gasteiger charge is 2.43. The van der Waals surface area contributed by atoms with E-state index in [0.29, 0.717) is 6.54 Å². The molecule has 1 heterocycles. The van der Waals surface area contributed by atoms with Crippen LogP contribution in [0.2, 0.25) is 0 Å². The Labute approximate surface area is 110 Å². The van der Waals surface area contributed by atoms with Crippen molar-refractivity contribution in [2.45, 2.75) is 18.9 Å². The van der Waals surface area contributed by atoms with Gasteiger partial charge >= 0.3 is 0 Å². The van der Waals surface area contributed by atoms with Gasteiger partial charge in [0.1, 0.15) is 11.1 Å². The van der Waals surface area contributed by atoms with Gasteiger partial charge in [0.05, 0.1) is 0 Å². The first kappa shape index (κ1) is 11.8. The molecule has 0 saturated carbocycles. The highest BCUT2D eigenvalue weighted by Crippen LogP contribution is 2.45. The largest absolute Gasteiger partial charge is 0.385 e. The summed E-state index contributed by atoms with van der Waals surface area (Å²) in [6.07, 6.45) is 2.83. The van der Waals surface area contributed by atoms with Gasteiger partial charge < -0.3 is 10.8 Å². The second-order valence-electron chi connectivity index (χ2n) is 4.96. The minimum atomic E-state index is -0.574. The number of aromatic nitrogens is 1. The third-order valence-electron chi connectivity index (χ3n) is 3.88. The van der Waals surface area contributed by atoms with Crippen LogP contribution in [0.4, 0.5) is 0 Å². The monoisotopic (exact) mass is 260 g/mol. The van der Waals surface area contributed by atoms with Gasteiger partial charge in [-0.25, -0.2) is 4.98 Å². The number of nitrogens with two attached hydrogens (primary N) is 1. The molecule has 1 aromatic heterocycles. The first-order valence-corrected chi connectivity index (χ1v) is 6.97. The molecule has 1 aromatic carbocycles. The molecular weight excluding hydrogens is 244 g/mol. The van der Waals surface area contributed by atoms with Crippen molar-refractivity contribution in [3.63, 3.8) is 0 Å². The third-order valence-corrected chi connectivity index (χ3v) is 4.70. The van der Waals surface area contributed by atoms with Crippen LogP contribution in [0.1, 0.15) is 22.2 Å². The Balaban J connectivity index is 1.95. The second kappa shape index (κ2) is 4.46. The first-order chi connectivity index (χ1) is 8.75. The topological polar surface area (TPSA) is 59.1 Å². The van der Waals surface area contributed by atoms with Crippen molar-refractivity contribution in [2.75, 3.05) is 6.54 Å². The van der Waals surface area contributed by atoms with E-state index in [1.807, 2.05) is 17.5 Å². The van der Waals surface area contributed by atoms with E-state index >= 15 is 0 Å². The van der Waals surface area contributed by atoms with Gasteiger partial charge in [0.15, 0.2) is 0 Å². The molecule has 0 amide bonds. The van der Waals surface area contributed by atoms with Gasteiger partial charge in [-0.05, 0) is 24.0 Å². The molecule has 4 heteroatoms. The summed E-state index contributed by atoms with van der Waals surface area (Å²) in [5.74, 6) is 0. The Morgan fingerprint density at radius 1 is 1.33 bits per heavy atom. The fraction of sp³-hybridized carbons (Fsp3) is 0.357. The zero-order valence-corrected chi connectivity index (χ0v) is 10.9. The molecule has 0 fully saturated rings. The molecule has 18 heavy (non-hydrogen) atoms. The lowest BCUT2D eigenvalue weighted by Crippen LogP contribution is -2.37. The number of aliphatic hydroxyl groups is 1. The van der Waals surface area contributed by atoms with Crippen LogP contribution in [0.3, 0.4) is 0 Å². The predicted octanol–water partition coefficient (Wildman–Crippen LogP) is 1.92. The SMILES string of the molecule is NCC1(C(O)c2nccs2)Cc2ccccc2C1. The van der Waals surface area contributed by atoms with Gasteiger partial charge in [-0.15, -0.1) is 11.3 Å². The maximum absolute atomic E-state index is 10.6. The normalized spacial score (nSPS) is 18.6. The number of thiazole rings is 1. The molecule has 3 N–H and O–H groups in total. The highest BCUT2D eigenvalue weighted by atomic mass is 32.1. The molecule has 1 atom stereocenters. The summed E-state index contributed by atoms with van der Waals surface area (Å²) >= 11 is 1.49. The average molecular weight is 260 g/mol. The molecule has 1 aliphatic carbocycles. The van der Waals surface area contributed by atoms with Crippen LogP contribution in [-0.2, 0) is 12.8 Å². The quantitative estimate of drug-likeness (QED) is 0.886. The lowest BCUT2D eigenvalue weighted by molar-refractivity contribution is 0.0356. The number of rotatable bonds is 3. The number of fused-ring (bicyclic) bond motifs is 1. The van der Waals surface area contributed by atoms with Crippen molar-refractivity contribution < 1.29 is 5.11 Å². The van der Waals surface area contributed by atoms with Crippen LogP contribution >= 0.6 is 11.3 Å². The first-order valence-electron chi connectivity index (χ1n) is 6.09. The Hall–Kier alpha value is -1.23. The van der Waals surface area contributed by atoms with Crippen LogP contribution in [0.15, 0.2) is 35.8 Å². The van der Waals surface area contributed by atoms with E-state index in [9.17, 15) is 5.11 Å². The summed E-state index contributed by atoms with van der Waals surface area (Å²) in [7, 11) is 0. The lowest BCUT2D eigenvalue weighted by Gasteiger charge is -2.31. The Bertz CT molecular complexity index is 513. The minimum Gasteiger partial charge on any atom is -0.385 e. The molecule has 3 nitrogen and oxygen atoms in total. The van der Waals surface area contributed by atoms with E-state index in [1.54, 1.807) is 6.20 Å². The summed E-state index contributed by atoms with van der Waals surface area (Å²) in [4.78, 5) is 4.23. The maximum Gasteiger partial charge on any atom is 0.122 e. The zero-order chi connectivity index (χ0) is 12.6. The van der Waals surface area contributed by atoms with E-state index in [0.717, 1.165) is 17.8 Å². The summed E-state index contributed by atoms with van der Waals surface area (Å²) in [5, 5.41) is 13.3. The van der Waals surface area contributed by atoms with Crippen molar-refractivity contribution in [3.05, 3.63) is 52.0 Å². The predicted molar refractivity (Wildman–Crippen MR) is 72.4 cm³/mol. The van der Waals surface area contributed by atoms with E-state index in [1.165, 1.54) is 22.5 Å². The number of benzene rings is 1. The standard InChI is InChI=1S/C14H16N2OS/c15-9-14(12(17)13-16-5-6-18-13)7-10-3-1-2-4-11(10)8-14/h1-6,12,17H,7-9,15H2. The fourth-order valence-electron chi connectivity index (χ4n) is 2.80. The zero-order valence-electron chi connectivity index (χ0n) is 10.0. The molecule has 0 saturated heterocycles. The second-order valence-corrected chi connectivity index (χ2v) is 5.89. The molecular formula is C14H16N2OS. The summed E-state index contributed by atoms with van der Waals surface area (Å²) in [6, 6.07) is 8.34. The molecule has 1 aliphatic rings. The molecule has 0 bridgehead atoms. The Morgan fingerprint density at radius 2 is 2.00 bits per heavy atom. The molecule has 0 aliphatic heterocycles. The van der Waals surface area contributed by atoms with Crippen LogP contribution in [0, 0.1) is 5.41 Å². The van der Waals surface area contributed by atoms with Crippen molar-refractivity contribution >= 4 is 11.3 Å². The Kier molecular flexibility index (Phi) is 2.93.